The number of rotatable bonds is 1. The highest BCUT2D eigenvalue weighted by molar-refractivity contribution is 14.1. The van der Waals surface area contributed by atoms with Gasteiger partial charge in [-0.1, -0.05) is 6.07 Å². The van der Waals surface area contributed by atoms with Crippen LogP contribution in [0.5, 0.6) is 0 Å². The van der Waals surface area contributed by atoms with Gasteiger partial charge < -0.3 is 15.5 Å². The Morgan fingerprint density at radius 3 is 2.45 bits per heavy atom. The molecule has 0 amide bonds. The number of carboxylic acids is 1. The molecule has 106 valence electrons. The van der Waals surface area contributed by atoms with Crippen molar-refractivity contribution in [3.05, 3.63) is 44.9 Å². The highest BCUT2D eigenvalue weighted by Gasteiger charge is 2.40. The number of fused-ring (bicyclic) bond motifs is 1. The third-order valence-corrected chi connectivity index (χ3v) is 3.30. The molecule has 8 heteroatoms. The Bertz CT molecular complexity index is 650. The van der Waals surface area contributed by atoms with Crippen LogP contribution in [0.1, 0.15) is 5.56 Å². The number of carbonyl (C=O) groups is 1. The number of aliphatic carboxylic acids is 1. The zero-order valence-corrected chi connectivity index (χ0v) is 11.8. The second-order valence-electron chi connectivity index (χ2n) is 3.92. The maximum absolute atomic E-state index is 12.7. The number of hydrogen-bond acceptors (Lipinski definition) is 3. The van der Waals surface area contributed by atoms with E-state index in [2.05, 4.69) is 5.32 Å². The van der Waals surface area contributed by atoms with Gasteiger partial charge in [0, 0.05) is 26.6 Å². The van der Waals surface area contributed by atoms with Gasteiger partial charge in [-0.3, -0.25) is 0 Å². The maximum Gasteiger partial charge on any atom is 0.449 e. The maximum atomic E-state index is 12.7. The summed E-state index contributed by atoms with van der Waals surface area (Å²) in [5.41, 5.74) is -1.10. The Hall–Kier alpha value is -1.71. The molecule has 1 aromatic carbocycles. The van der Waals surface area contributed by atoms with Crippen molar-refractivity contribution in [2.24, 2.45) is 0 Å². The summed E-state index contributed by atoms with van der Waals surface area (Å²) in [5.74, 6) is -3.48. The monoisotopic (exact) mass is 397 g/mol. The van der Waals surface area contributed by atoms with Crippen LogP contribution in [0.3, 0.4) is 0 Å². The molecule has 2 rings (SSSR count). The van der Waals surface area contributed by atoms with Crippen molar-refractivity contribution in [2.75, 3.05) is 5.32 Å². The van der Waals surface area contributed by atoms with Gasteiger partial charge in [-0.05, 0) is 34.7 Å². The number of nitrogens with one attached hydrogen (secondary N) is 1. The number of hydrogen-bond donors (Lipinski definition) is 3. The summed E-state index contributed by atoms with van der Waals surface area (Å²) in [5, 5.41) is 21.0. The van der Waals surface area contributed by atoms with Crippen LogP contribution in [0.25, 0.3) is 5.57 Å². The minimum absolute atomic E-state index is 0.0138. The number of aliphatic hydroxyl groups is 1. The number of benzene rings is 1. The van der Waals surface area contributed by atoms with Crippen LogP contribution in [-0.4, -0.2) is 22.4 Å². The van der Waals surface area contributed by atoms with Crippen LogP contribution in [0.4, 0.5) is 18.9 Å². The van der Waals surface area contributed by atoms with Gasteiger partial charge in [0.1, 0.15) is 0 Å². The normalized spacial score (nSPS) is 16.9. The molecule has 0 spiro atoms. The van der Waals surface area contributed by atoms with Gasteiger partial charge >= 0.3 is 12.1 Å². The molecule has 0 unspecified atom stereocenters. The molecule has 3 N–H and O–H groups in total. The quantitative estimate of drug-likeness (QED) is 0.501. The summed E-state index contributed by atoms with van der Waals surface area (Å²) in [4.78, 5) is 11.1. The fourth-order valence-corrected chi connectivity index (χ4v) is 2.28. The fourth-order valence-electron chi connectivity index (χ4n) is 1.79. The van der Waals surface area contributed by atoms with Crippen molar-refractivity contribution >= 4 is 39.8 Å². The van der Waals surface area contributed by atoms with E-state index in [0.29, 0.717) is 5.69 Å². The van der Waals surface area contributed by atoms with E-state index in [1.165, 1.54) is 12.1 Å². The van der Waals surface area contributed by atoms with Gasteiger partial charge in [-0.2, -0.15) is 13.2 Å². The van der Waals surface area contributed by atoms with Crippen LogP contribution < -0.4 is 5.32 Å². The van der Waals surface area contributed by atoms with Gasteiger partial charge in [0.15, 0.2) is 0 Å². The Balaban J connectivity index is 2.74. The average molecular weight is 397 g/mol. The van der Waals surface area contributed by atoms with Gasteiger partial charge in [0.05, 0.1) is 5.57 Å². The Labute approximate surface area is 124 Å². The first kappa shape index (κ1) is 14.7. The second-order valence-corrected chi connectivity index (χ2v) is 5.16. The van der Waals surface area contributed by atoms with E-state index in [0.717, 1.165) is 9.77 Å². The standard InChI is InChI=1S/C12H7F3INO3/c13-12(14,15)10(18)9-6-2-1-5(16)3-8(6)17-4-7(9)11(19)20/h1-4,17-18H,(H,19,20). The molecule has 20 heavy (non-hydrogen) atoms. The number of halogens is 4. The zero-order chi connectivity index (χ0) is 15.1. The van der Waals surface area contributed by atoms with Crippen LogP contribution in [0.15, 0.2) is 35.7 Å². The molecule has 0 saturated heterocycles. The first-order valence-electron chi connectivity index (χ1n) is 5.22. The molecule has 0 saturated carbocycles. The third kappa shape index (κ3) is 2.60. The highest BCUT2D eigenvalue weighted by atomic mass is 127. The SMILES string of the molecule is O=C(O)C1=CNc2cc(I)ccc2C1=C(O)C(F)(F)F. The molecule has 0 aliphatic carbocycles. The first-order valence-corrected chi connectivity index (χ1v) is 6.30. The molecule has 1 aromatic rings. The number of anilines is 1. The molecule has 0 aromatic heterocycles. The number of aliphatic hydroxyl groups excluding tert-OH is 1. The van der Waals surface area contributed by atoms with Crippen LogP contribution in [-0.2, 0) is 4.79 Å². The first-order chi connectivity index (χ1) is 9.21. The molecule has 0 radical (unpaired) electrons. The highest BCUT2D eigenvalue weighted by Crippen LogP contribution is 2.40. The predicted molar refractivity (Wildman–Crippen MR) is 74.1 cm³/mol. The van der Waals surface area contributed by atoms with E-state index in [1.54, 1.807) is 6.07 Å². The van der Waals surface area contributed by atoms with Crippen molar-refractivity contribution in [1.82, 2.24) is 0 Å². The van der Waals surface area contributed by atoms with Gasteiger partial charge in [0.25, 0.3) is 0 Å². The van der Waals surface area contributed by atoms with Crippen LogP contribution in [0.2, 0.25) is 0 Å². The summed E-state index contributed by atoms with van der Waals surface area (Å²) in [6.45, 7) is 0. The zero-order valence-electron chi connectivity index (χ0n) is 9.62. The Kier molecular flexibility index (Phi) is 3.67. The lowest BCUT2D eigenvalue weighted by Crippen LogP contribution is -2.19. The van der Waals surface area contributed by atoms with Crippen molar-refractivity contribution in [3.8, 4) is 0 Å². The third-order valence-electron chi connectivity index (χ3n) is 2.63. The van der Waals surface area contributed by atoms with Crippen molar-refractivity contribution in [2.45, 2.75) is 6.18 Å². The number of carboxylic acid groups (broad SMARTS) is 1. The fraction of sp³-hybridized carbons (Fsp3) is 0.0833. The largest absolute Gasteiger partial charge is 0.504 e. The predicted octanol–water partition coefficient (Wildman–Crippen LogP) is 3.52. The Morgan fingerprint density at radius 2 is 1.90 bits per heavy atom. The topological polar surface area (TPSA) is 69.6 Å². The van der Waals surface area contributed by atoms with Gasteiger partial charge in [-0.25, -0.2) is 4.79 Å². The smallest absolute Gasteiger partial charge is 0.449 e. The minimum Gasteiger partial charge on any atom is -0.504 e. The van der Waals surface area contributed by atoms with E-state index in [-0.39, 0.29) is 5.56 Å². The molecular formula is C12H7F3INO3. The molecule has 0 bridgehead atoms. The van der Waals surface area contributed by atoms with E-state index in [9.17, 15) is 23.1 Å². The molecule has 4 nitrogen and oxygen atoms in total. The van der Waals surface area contributed by atoms with E-state index >= 15 is 0 Å². The van der Waals surface area contributed by atoms with Crippen LogP contribution in [0, 0.1) is 3.57 Å². The summed E-state index contributed by atoms with van der Waals surface area (Å²) in [7, 11) is 0. The molecule has 0 fully saturated rings. The van der Waals surface area contributed by atoms with Gasteiger partial charge in [-0.15, -0.1) is 0 Å². The second kappa shape index (κ2) is 5.00. The average Bonchev–Trinajstić information content (AvgIpc) is 2.34. The van der Waals surface area contributed by atoms with E-state index in [1.807, 2.05) is 22.6 Å². The van der Waals surface area contributed by atoms with Crippen molar-refractivity contribution in [3.63, 3.8) is 0 Å². The van der Waals surface area contributed by atoms with Crippen molar-refractivity contribution in [1.29, 1.82) is 0 Å². The summed E-state index contributed by atoms with van der Waals surface area (Å²) in [6.07, 6.45) is -4.10. The molecule has 1 aliphatic rings. The summed E-state index contributed by atoms with van der Waals surface area (Å²) in [6, 6.07) is 4.40. The lowest BCUT2D eigenvalue weighted by atomic mass is 9.93. The van der Waals surface area contributed by atoms with Crippen molar-refractivity contribution < 1.29 is 28.2 Å². The minimum atomic E-state index is -5.03. The summed E-state index contributed by atoms with van der Waals surface area (Å²) < 4.78 is 38.8. The molecule has 1 aliphatic heterocycles. The Morgan fingerprint density at radius 1 is 1.25 bits per heavy atom. The lowest BCUT2D eigenvalue weighted by molar-refractivity contribution is -0.132. The summed E-state index contributed by atoms with van der Waals surface area (Å²) >= 11 is 1.97. The molecule has 1 heterocycles. The van der Waals surface area contributed by atoms with Gasteiger partial charge in [0.2, 0.25) is 5.76 Å². The van der Waals surface area contributed by atoms with E-state index in [4.69, 9.17) is 5.11 Å². The lowest BCUT2D eigenvalue weighted by Gasteiger charge is -2.21. The van der Waals surface area contributed by atoms with E-state index < -0.39 is 29.1 Å². The molecule has 0 atom stereocenters. The number of allylic oxidation sites excluding steroid dienone is 1. The van der Waals surface area contributed by atoms with Crippen LogP contribution >= 0.6 is 22.6 Å². The number of alkyl halides is 3. The molecular weight excluding hydrogens is 390 g/mol.